The van der Waals surface area contributed by atoms with E-state index < -0.39 is 30.1 Å². The summed E-state index contributed by atoms with van der Waals surface area (Å²) in [5.41, 5.74) is 2.53. The molecule has 4 N–H and O–H groups in total. The number of carbonyl (C=O) groups is 3. The van der Waals surface area contributed by atoms with Crippen LogP contribution in [0.15, 0.2) is 48.5 Å². The first-order chi connectivity index (χ1) is 16.1. The second-order valence-electron chi connectivity index (χ2n) is 9.27. The lowest BCUT2D eigenvalue weighted by atomic mass is 9.92. The average molecular weight is 469 g/mol. The zero-order chi connectivity index (χ0) is 24.9. The van der Waals surface area contributed by atoms with Crippen LogP contribution in [0.4, 0.5) is 4.79 Å². The van der Waals surface area contributed by atoms with Crippen LogP contribution in [0.2, 0.25) is 0 Å². The first-order valence-electron chi connectivity index (χ1n) is 11.4. The van der Waals surface area contributed by atoms with Gasteiger partial charge in [-0.05, 0) is 41.0 Å². The van der Waals surface area contributed by atoms with Gasteiger partial charge in [-0.3, -0.25) is 4.79 Å². The van der Waals surface area contributed by atoms with Crippen molar-refractivity contribution in [3.63, 3.8) is 0 Å². The lowest BCUT2D eigenvalue weighted by Gasteiger charge is -2.23. The summed E-state index contributed by atoms with van der Waals surface area (Å²) in [5, 5.41) is 23.9. The van der Waals surface area contributed by atoms with Gasteiger partial charge in [0.25, 0.3) is 0 Å². The predicted molar refractivity (Wildman–Crippen MR) is 127 cm³/mol. The van der Waals surface area contributed by atoms with Gasteiger partial charge in [-0.2, -0.15) is 0 Å². The third-order valence-electron chi connectivity index (χ3n) is 6.33. The maximum Gasteiger partial charge on any atom is 0.407 e. The number of rotatable bonds is 10. The standard InChI is InChI=1S/C26H32N2O6/c1-16(2)17(12-23(29)28-15-26(3,33)24(30)31)13-27-25(32)34-14-22-20-10-6-4-8-18(20)19-9-5-7-11-21(19)22/h4-11,16-17,22,33H,12-15H2,1-3H3,(H,27,32)(H,28,29)(H,30,31). The zero-order valence-electron chi connectivity index (χ0n) is 19.7. The van der Waals surface area contributed by atoms with Crippen LogP contribution in [-0.2, 0) is 14.3 Å². The molecule has 3 rings (SSSR count). The van der Waals surface area contributed by atoms with E-state index in [0.717, 1.165) is 29.2 Å². The van der Waals surface area contributed by atoms with Crippen molar-refractivity contribution >= 4 is 18.0 Å². The number of aliphatic hydroxyl groups is 1. The Morgan fingerprint density at radius 1 is 1.00 bits per heavy atom. The number of hydrogen-bond donors (Lipinski definition) is 4. The molecule has 2 amide bonds. The molecule has 1 aliphatic carbocycles. The Hall–Kier alpha value is -3.39. The minimum atomic E-state index is -2.04. The highest BCUT2D eigenvalue weighted by Crippen LogP contribution is 2.44. The van der Waals surface area contributed by atoms with Gasteiger partial charge in [0.05, 0.1) is 6.54 Å². The lowest BCUT2D eigenvalue weighted by Crippen LogP contribution is -2.47. The Kier molecular flexibility index (Phi) is 7.94. The number of amides is 2. The summed E-state index contributed by atoms with van der Waals surface area (Å²) in [6.07, 6.45) is -0.474. The highest BCUT2D eigenvalue weighted by atomic mass is 16.5. The molecule has 8 nitrogen and oxygen atoms in total. The van der Waals surface area contributed by atoms with Gasteiger partial charge >= 0.3 is 12.1 Å². The molecule has 0 heterocycles. The van der Waals surface area contributed by atoms with E-state index in [1.54, 1.807) is 0 Å². The molecule has 182 valence electrons. The molecule has 34 heavy (non-hydrogen) atoms. The van der Waals surface area contributed by atoms with Gasteiger partial charge in [0.2, 0.25) is 5.91 Å². The van der Waals surface area contributed by atoms with E-state index in [2.05, 4.69) is 34.9 Å². The van der Waals surface area contributed by atoms with E-state index in [1.807, 2.05) is 38.1 Å². The Bertz CT molecular complexity index is 1000. The van der Waals surface area contributed by atoms with E-state index in [0.29, 0.717) is 0 Å². The van der Waals surface area contributed by atoms with Crippen molar-refractivity contribution < 1.29 is 29.3 Å². The molecule has 2 aromatic rings. The van der Waals surface area contributed by atoms with Gasteiger partial charge in [0.15, 0.2) is 5.60 Å². The Balaban J connectivity index is 1.51. The van der Waals surface area contributed by atoms with Crippen LogP contribution < -0.4 is 10.6 Å². The summed E-state index contributed by atoms with van der Waals surface area (Å²) in [6.45, 7) is 5.03. The molecule has 0 spiro atoms. The predicted octanol–water partition coefficient (Wildman–Crippen LogP) is 3.14. The number of carboxylic acid groups (broad SMARTS) is 1. The van der Waals surface area contributed by atoms with E-state index in [9.17, 15) is 19.5 Å². The third kappa shape index (κ3) is 5.94. The molecule has 0 aromatic heterocycles. The first kappa shape index (κ1) is 25.2. The lowest BCUT2D eigenvalue weighted by molar-refractivity contribution is -0.156. The number of aliphatic carboxylic acids is 1. The highest BCUT2D eigenvalue weighted by molar-refractivity contribution is 5.80. The summed E-state index contributed by atoms with van der Waals surface area (Å²) >= 11 is 0. The number of hydrogen-bond acceptors (Lipinski definition) is 5. The Morgan fingerprint density at radius 2 is 1.56 bits per heavy atom. The first-order valence-corrected chi connectivity index (χ1v) is 11.4. The molecule has 0 saturated carbocycles. The molecule has 2 unspecified atom stereocenters. The molecule has 8 heteroatoms. The van der Waals surface area contributed by atoms with Crippen LogP contribution >= 0.6 is 0 Å². The van der Waals surface area contributed by atoms with Crippen molar-refractivity contribution in [3.8, 4) is 11.1 Å². The normalized spacial score (nSPS) is 15.1. The van der Waals surface area contributed by atoms with Crippen molar-refractivity contribution in [2.24, 2.45) is 11.8 Å². The minimum Gasteiger partial charge on any atom is -0.479 e. The van der Waals surface area contributed by atoms with E-state index in [1.165, 1.54) is 0 Å². The van der Waals surface area contributed by atoms with Crippen LogP contribution in [0, 0.1) is 11.8 Å². The summed E-state index contributed by atoms with van der Waals surface area (Å²) in [7, 11) is 0. The van der Waals surface area contributed by atoms with E-state index in [-0.39, 0.29) is 37.3 Å². The molecule has 0 fully saturated rings. The van der Waals surface area contributed by atoms with E-state index >= 15 is 0 Å². The SMILES string of the molecule is CC(C)C(CNC(=O)OCC1c2ccccc2-c2ccccc21)CC(=O)NCC(C)(O)C(=O)O. The number of carboxylic acids is 1. The number of nitrogens with one attached hydrogen (secondary N) is 2. The maximum atomic E-state index is 12.4. The molecular formula is C26H32N2O6. The van der Waals surface area contributed by atoms with Crippen LogP contribution in [0.5, 0.6) is 0 Å². The number of fused-ring (bicyclic) bond motifs is 3. The van der Waals surface area contributed by atoms with Crippen LogP contribution in [0.3, 0.4) is 0 Å². The molecule has 2 atom stereocenters. The van der Waals surface area contributed by atoms with Crippen molar-refractivity contribution in [1.82, 2.24) is 10.6 Å². The Labute approximate surface area is 199 Å². The summed E-state index contributed by atoms with van der Waals surface area (Å²) in [5.74, 6) is -1.94. The fraction of sp³-hybridized carbons (Fsp3) is 0.423. The van der Waals surface area contributed by atoms with Crippen molar-refractivity contribution in [2.75, 3.05) is 19.7 Å². The van der Waals surface area contributed by atoms with Crippen LogP contribution in [0.25, 0.3) is 11.1 Å². The largest absolute Gasteiger partial charge is 0.479 e. The molecule has 0 aliphatic heterocycles. The number of benzene rings is 2. The summed E-state index contributed by atoms with van der Waals surface area (Å²) < 4.78 is 5.54. The van der Waals surface area contributed by atoms with Crippen LogP contribution in [0.1, 0.15) is 44.2 Å². The second-order valence-corrected chi connectivity index (χ2v) is 9.27. The fourth-order valence-electron chi connectivity index (χ4n) is 4.06. The molecule has 0 saturated heterocycles. The van der Waals surface area contributed by atoms with Crippen molar-refractivity contribution in [3.05, 3.63) is 59.7 Å². The zero-order valence-corrected chi connectivity index (χ0v) is 19.7. The number of carbonyl (C=O) groups excluding carboxylic acids is 2. The van der Waals surface area contributed by atoms with Gasteiger partial charge in [-0.15, -0.1) is 0 Å². The molecule has 0 bridgehead atoms. The third-order valence-corrected chi connectivity index (χ3v) is 6.33. The summed E-state index contributed by atoms with van der Waals surface area (Å²) in [4.78, 5) is 35.7. The molecule has 1 aliphatic rings. The fourth-order valence-corrected chi connectivity index (χ4v) is 4.06. The van der Waals surface area contributed by atoms with E-state index in [4.69, 9.17) is 9.84 Å². The minimum absolute atomic E-state index is 0.0353. The Morgan fingerprint density at radius 3 is 2.09 bits per heavy atom. The number of alkyl carbamates (subject to hydrolysis) is 1. The van der Waals surface area contributed by atoms with Gasteiger partial charge < -0.3 is 25.6 Å². The quantitative estimate of drug-likeness (QED) is 0.425. The van der Waals surface area contributed by atoms with Gasteiger partial charge in [-0.1, -0.05) is 62.4 Å². The number of ether oxygens (including phenoxy) is 1. The van der Waals surface area contributed by atoms with Gasteiger partial charge in [-0.25, -0.2) is 9.59 Å². The smallest absolute Gasteiger partial charge is 0.407 e. The molecule has 0 radical (unpaired) electrons. The van der Waals surface area contributed by atoms with Gasteiger partial charge in [0, 0.05) is 18.9 Å². The maximum absolute atomic E-state index is 12.4. The topological polar surface area (TPSA) is 125 Å². The monoisotopic (exact) mass is 468 g/mol. The second kappa shape index (κ2) is 10.7. The highest BCUT2D eigenvalue weighted by Gasteiger charge is 2.31. The van der Waals surface area contributed by atoms with Crippen LogP contribution in [-0.4, -0.2) is 53.5 Å². The summed E-state index contributed by atoms with van der Waals surface area (Å²) in [6, 6.07) is 16.2. The van der Waals surface area contributed by atoms with Crippen molar-refractivity contribution in [1.29, 1.82) is 0 Å². The van der Waals surface area contributed by atoms with Crippen molar-refractivity contribution in [2.45, 2.75) is 38.7 Å². The molecular weight excluding hydrogens is 436 g/mol. The molecule has 2 aromatic carbocycles. The van der Waals surface area contributed by atoms with Gasteiger partial charge in [0.1, 0.15) is 6.61 Å². The average Bonchev–Trinajstić information content (AvgIpc) is 3.12.